The molecule has 56 heavy (non-hydrogen) atoms. The van der Waals surface area contributed by atoms with Crippen LogP contribution in [0.2, 0.25) is 0 Å². The highest BCUT2D eigenvalue weighted by atomic mass is 16.5. The summed E-state index contributed by atoms with van der Waals surface area (Å²) in [6.45, 7) is 0. The van der Waals surface area contributed by atoms with E-state index in [9.17, 15) is 51.1 Å². The highest BCUT2D eigenvalue weighted by molar-refractivity contribution is 5.79. The molecule has 2 aliphatic rings. The predicted molar refractivity (Wildman–Crippen MR) is 203 cm³/mol. The molecule has 0 saturated heterocycles. The van der Waals surface area contributed by atoms with Gasteiger partial charge in [-0.2, -0.15) is 0 Å². The number of ether oxygens (including phenoxy) is 2. The lowest BCUT2D eigenvalue weighted by Gasteiger charge is -2.40. The van der Waals surface area contributed by atoms with Crippen molar-refractivity contribution in [3.8, 4) is 57.5 Å². The fraction of sp³-hybridized carbons (Fsp3) is 0.136. The fourth-order valence-corrected chi connectivity index (χ4v) is 7.77. The van der Waals surface area contributed by atoms with E-state index in [4.69, 9.17) is 9.47 Å². The maximum atomic E-state index is 12.3. The second-order valence-corrected chi connectivity index (χ2v) is 13.9. The molecule has 6 atom stereocenters. The first-order chi connectivity index (χ1) is 26.9. The van der Waals surface area contributed by atoms with E-state index in [2.05, 4.69) is 0 Å². The van der Waals surface area contributed by atoms with Crippen molar-refractivity contribution in [1.29, 1.82) is 0 Å². The van der Waals surface area contributed by atoms with Gasteiger partial charge in [-0.3, -0.25) is 0 Å². The Hall–Kier alpha value is -7.02. The van der Waals surface area contributed by atoms with E-state index in [-0.39, 0.29) is 56.9 Å². The summed E-state index contributed by atoms with van der Waals surface area (Å²) in [5, 5.41) is 110. The molecule has 0 radical (unpaired) electrons. The van der Waals surface area contributed by atoms with Crippen molar-refractivity contribution in [3.05, 3.63) is 154 Å². The zero-order valence-electron chi connectivity index (χ0n) is 29.3. The van der Waals surface area contributed by atoms with E-state index in [0.29, 0.717) is 27.8 Å². The van der Waals surface area contributed by atoms with Crippen molar-refractivity contribution in [1.82, 2.24) is 0 Å². The number of benzene rings is 6. The van der Waals surface area contributed by atoms with Crippen molar-refractivity contribution in [2.45, 2.75) is 36.3 Å². The summed E-state index contributed by atoms with van der Waals surface area (Å²) in [6, 6.07) is 25.9. The molecule has 6 aromatic carbocycles. The number of aliphatic hydroxyl groups excluding tert-OH is 2. The Labute approximate surface area is 319 Å². The number of hydrogen-bond donors (Lipinski definition) is 10. The average molecular weight is 757 g/mol. The molecule has 6 aromatic rings. The normalized spacial score (nSPS) is 21.5. The van der Waals surface area contributed by atoms with Gasteiger partial charge < -0.3 is 60.5 Å². The number of phenolic OH excluding ortho intramolecular Hbond substituents is 8. The Morgan fingerprint density at radius 1 is 0.411 bits per heavy atom. The predicted octanol–water partition coefficient (Wildman–Crippen LogP) is 6.75. The molecule has 12 heteroatoms. The molecule has 8 rings (SSSR count). The third-order valence-electron chi connectivity index (χ3n) is 10.4. The van der Waals surface area contributed by atoms with Crippen LogP contribution in [0.25, 0.3) is 12.2 Å². The van der Waals surface area contributed by atoms with Crippen LogP contribution in [0.1, 0.15) is 68.6 Å². The monoisotopic (exact) mass is 756 g/mol. The summed E-state index contributed by atoms with van der Waals surface area (Å²) in [5.41, 5.74) is 2.43. The van der Waals surface area contributed by atoms with E-state index in [1.165, 1.54) is 66.7 Å². The van der Waals surface area contributed by atoms with Crippen molar-refractivity contribution in [2.75, 3.05) is 0 Å². The maximum absolute atomic E-state index is 12.3. The minimum absolute atomic E-state index is 0.0172. The summed E-state index contributed by atoms with van der Waals surface area (Å²) < 4.78 is 12.5. The molecule has 0 aliphatic carbocycles. The molecule has 2 aliphatic heterocycles. The highest BCUT2D eigenvalue weighted by Gasteiger charge is 2.45. The first kappa shape index (κ1) is 36.0. The molecule has 2 heterocycles. The zero-order valence-corrected chi connectivity index (χ0v) is 29.3. The molecule has 6 unspecified atom stereocenters. The minimum atomic E-state index is -1.43. The highest BCUT2D eigenvalue weighted by Crippen LogP contribution is 2.55. The Morgan fingerprint density at radius 2 is 0.857 bits per heavy atom. The third-order valence-corrected chi connectivity index (χ3v) is 10.4. The van der Waals surface area contributed by atoms with Crippen LogP contribution in [-0.4, -0.2) is 63.3 Å². The molecule has 284 valence electrons. The Balaban J connectivity index is 1.40. The molecule has 0 aromatic heterocycles. The van der Waals surface area contributed by atoms with Crippen LogP contribution >= 0.6 is 0 Å². The lowest BCUT2D eigenvalue weighted by atomic mass is 9.73. The minimum Gasteiger partial charge on any atom is -0.508 e. The number of aliphatic hydroxyl groups is 2. The molecule has 0 spiro atoms. The van der Waals surface area contributed by atoms with Gasteiger partial charge in [-0.05, 0) is 70.8 Å². The topological polar surface area (TPSA) is 221 Å². The van der Waals surface area contributed by atoms with Gasteiger partial charge in [-0.15, -0.1) is 0 Å². The van der Waals surface area contributed by atoms with Crippen LogP contribution in [0, 0.1) is 0 Å². The summed E-state index contributed by atoms with van der Waals surface area (Å²) in [4.78, 5) is 0. The molecule has 12 nitrogen and oxygen atoms in total. The van der Waals surface area contributed by atoms with Gasteiger partial charge in [0.15, 0.2) is 23.7 Å². The summed E-state index contributed by atoms with van der Waals surface area (Å²) in [5.74, 6) is -3.77. The second-order valence-electron chi connectivity index (χ2n) is 13.9. The lowest BCUT2D eigenvalue weighted by Crippen LogP contribution is -2.37. The molecular weight excluding hydrogens is 720 g/mol. The largest absolute Gasteiger partial charge is 0.508 e. The van der Waals surface area contributed by atoms with Crippen LogP contribution in [0.4, 0.5) is 0 Å². The van der Waals surface area contributed by atoms with E-state index in [1.807, 2.05) is 0 Å². The SMILES string of the molecule is Oc1ccc(C2Oc3cc(O)ccc3C(c3c(O)cc(O)c(C4c5ccc(O)cc5OC(c5ccc(O)cc5)C4O)c3C=Cc3ccc(O)c(O)c3)C2O)cc1. The Bertz CT molecular complexity index is 2340. The molecule has 0 amide bonds. The van der Waals surface area contributed by atoms with Gasteiger partial charge in [0.2, 0.25) is 0 Å². The third kappa shape index (κ3) is 6.36. The quantitative estimate of drug-likeness (QED) is 0.0630. The number of aromatic hydroxyl groups is 8. The summed E-state index contributed by atoms with van der Waals surface area (Å²) in [6.07, 6.45) is -1.94. The van der Waals surface area contributed by atoms with Crippen LogP contribution in [-0.2, 0) is 0 Å². The molecular formula is C44H36O12. The average Bonchev–Trinajstić information content (AvgIpc) is 3.17. The fourth-order valence-electron chi connectivity index (χ4n) is 7.77. The van der Waals surface area contributed by atoms with Gasteiger partial charge in [-0.1, -0.05) is 54.6 Å². The van der Waals surface area contributed by atoms with E-state index in [0.717, 1.165) is 6.07 Å². The Morgan fingerprint density at radius 3 is 1.30 bits per heavy atom. The number of rotatable bonds is 6. The van der Waals surface area contributed by atoms with Gasteiger partial charge in [-0.25, -0.2) is 0 Å². The molecule has 0 bridgehead atoms. The van der Waals surface area contributed by atoms with Crippen LogP contribution in [0.5, 0.6) is 57.5 Å². The number of fused-ring (bicyclic) bond motifs is 2. The van der Waals surface area contributed by atoms with Crippen LogP contribution < -0.4 is 9.47 Å². The smallest absolute Gasteiger partial charge is 0.157 e. The molecule has 10 N–H and O–H groups in total. The van der Waals surface area contributed by atoms with Crippen molar-refractivity contribution in [3.63, 3.8) is 0 Å². The van der Waals surface area contributed by atoms with E-state index >= 15 is 0 Å². The van der Waals surface area contributed by atoms with Gasteiger partial charge in [0.25, 0.3) is 0 Å². The van der Waals surface area contributed by atoms with Crippen LogP contribution in [0.15, 0.2) is 109 Å². The van der Waals surface area contributed by atoms with Gasteiger partial charge in [0.1, 0.15) is 58.2 Å². The summed E-state index contributed by atoms with van der Waals surface area (Å²) in [7, 11) is 0. The van der Waals surface area contributed by atoms with Crippen LogP contribution in [0.3, 0.4) is 0 Å². The van der Waals surface area contributed by atoms with Crippen molar-refractivity contribution in [2.24, 2.45) is 0 Å². The van der Waals surface area contributed by atoms with Gasteiger partial charge in [0, 0.05) is 52.3 Å². The number of hydrogen-bond acceptors (Lipinski definition) is 12. The first-order valence-electron chi connectivity index (χ1n) is 17.6. The lowest BCUT2D eigenvalue weighted by molar-refractivity contribution is 0.00635. The maximum Gasteiger partial charge on any atom is 0.157 e. The van der Waals surface area contributed by atoms with E-state index in [1.54, 1.807) is 48.6 Å². The van der Waals surface area contributed by atoms with Gasteiger partial charge >= 0.3 is 0 Å². The molecule has 0 fully saturated rings. The summed E-state index contributed by atoms with van der Waals surface area (Å²) >= 11 is 0. The number of phenols is 8. The van der Waals surface area contributed by atoms with Gasteiger partial charge in [0.05, 0.1) is 0 Å². The van der Waals surface area contributed by atoms with Crippen molar-refractivity contribution < 1.29 is 60.5 Å². The van der Waals surface area contributed by atoms with Crippen molar-refractivity contribution >= 4 is 12.2 Å². The second kappa shape index (κ2) is 14.0. The molecule has 0 saturated carbocycles. The zero-order chi connectivity index (χ0) is 39.4. The standard InChI is InChI=1S/C44H36O12/c45-24-7-3-22(4-8-24)43-41(53)39(28-14-11-26(47)18-35(28)55-43)37-30(13-1-21-2-16-31(49)32(50)17-21)38(34(52)20-33(37)51)40-29-15-12-27(48)19-36(29)56-44(42(40)54)23-5-9-25(46)10-6-23/h1-20,39-54H. The first-order valence-corrected chi connectivity index (χ1v) is 17.6. The van der Waals surface area contributed by atoms with E-state index < -0.39 is 53.5 Å². The Kier molecular flexibility index (Phi) is 8.99.